The highest BCUT2D eigenvalue weighted by molar-refractivity contribution is 4.92. The number of hydrogen-bond donors (Lipinski definition) is 1. The van der Waals surface area contributed by atoms with Crippen molar-refractivity contribution in [3.05, 3.63) is 0 Å². The molecule has 0 aromatic heterocycles. The van der Waals surface area contributed by atoms with Gasteiger partial charge in [0.05, 0.1) is 0 Å². The average Bonchev–Trinajstić information content (AvgIpc) is 2.04. The van der Waals surface area contributed by atoms with Crippen molar-refractivity contribution in [3.63, 3.8) is 0 Å². The maximum Gasteiger partial charge on any atom is 0.0110 e. The summed E-state index contributed by atoms with van der Waals surface area (Å²) in [6, 6.07) is 2.53. The van der Waals surface area contributed by atoms with E-state index in [-0.39, 0.29) is 0 Å². The molecule has 12 heavy (non-hydrogen) atoms. The molecule has 2 heteroatoms. The molecule has 0 radical (unpaired) electrons. The van der Waals surface area contributed by atoms with Gasteiger partial charge in [-0.05, 0) is 39.8 Å². The van der Waals surface area contributed by atoms with Crippen LogP contribution < -0.4 is 5.32 Å². The van der Waals surface area contributed by atoms with Crippen LogP contribution in [0.4, 0.5) is 0 Å². The first-order chi connectivity index (χ1) is 5.81. The van der Waals surface area contributed by atoms with Gasteiger partial charge in [-0.3, -0.25) is 0 Å². The SMILES string of the molecule is CN[C@H]1C[C@H]2CCC[C@@H](C1)N2C. The molecule has 0 amide bonds. The molecule has 2 aliphatic heterocycles. The van der Waals surface area contributed by atoms with Gasteiger partial charge in [0.1, 0.15) is 0 Å². The highest BCUT2D eigenvalue weighted by Gasteiger charge is 2.34. The average molecular weight is 168 g/mol. The molecule has 0 aromatic rings. The second kappa shape index (κ2) is 3.35. The summed E-state index contributed by atoms with van der Waals surface area (Å²) >= 11 is 0. The Balaban J connectivity index is 2.02. The molecule has 2 saturated heterocycles. The van der Waals surface area contributed by atoms with Crippen LogP contribution in [0.1, 0.15) is 32.1 Å². The van der Waals surface area contributed by atoms with Crippen molar-refractivity contribution in [2.45, 2.75) is 50.2 Å². The Hall–Kier alpha value is -0.0800. The lowest BCUT2D eigenvalue weighted by Crippen LogP contribution is -2.53. The minimum Gasteiger partial charge on any atom is -0.317 e. The molecule has 2 nitrogen and oxygen atoms in total. The second-order valence-electron chi connectivity index (χ2n) is 4.36. The summed E-state index contributed by atoms with van der Waals surface area (Å²) in [5.74, 6) is 0. The van der Waals surface area contributed by atoms with Gasteiger partial charge in [0.25, 0.3) is 0 Å². The summed E-state index contributed by atoms with van der Waals surface area (Å²) in [7, 11) is 4.41. The predicted octanol–water partition coefficient (Wildman–Crippen LogP) is 1.22. The Morgan fingerprint density at radius 2 is 1.75 bits per heavy atom. The third kappa shape index (κ3) is 1.38. The Bertz CT molecular complexity index is 144. The third-order valence-corrected chi connectivity index (χ3v) is 3.75. The smallest absolute Gasteiger partial charge is 0.0110 e. The van der Waals surface area contributed by atoms with E-state index in [1.165, 1.54) is 32.1 Å². The van der Waals surface area contributed by atoms with Crippen molar-refractivity contribution in [1.82, 2.24) is 10.2 Å². The minimum absolute atomic E-state index is 0.788. The number of nitrogens with zero attached hydrogens (tertiary/aromatic N) is 1. The molecule has 2 bridgehead atoms. The van der Waals surface area contributed by atoms with Crippen molar-refractivity contribution in [2.24, 2.45) is 0 Å². The Morgan fingerprint density at radius 3 is 2.25 bits per heavy atom. The van der Waals surface area contributed by atoms with Gasteiger partial charge in [-0.2, -0.15) is 0 Å². The van der Waals surface area contributed by atoms with Gasteiger partial charge in [0.15, 0.2) is 0 Å². The van der Waals surface area contributed by atoms with Crippen LogP contribution in [0.2, 0.25) is 0 Å². The van der Waals surface area contributed by atoms with Crippen molar-refractivity contribution in [3.8, 4) is 0 Å². The summed E-state index contributed by atoms with van der Waals surface area (Å²) < 4.78 is 0. The van der Waals surface area contributed by atoms with Gasteiger partial charge in [-0.15, -0.1) is 0 Å². The minimum atomic E-state index is 0.788. The van der Waals surface area contributed by atoms with Crippen LogP contribution in [0, 0.1) is 0 Å². The third-order valence-electron chi connectivity index (χ3n) is 3.75. The van der Waals surface area contributed by atoms with Crippen molar-refractivity contribution in [2.75, 3.05) is 14.1 Å². The number of fused-ring (bicyclic) bond motifs is 2. The van der Waals surface area contributed by atoms with Crippen LogP contribution in [0.25, 0.3) is 0 Å². The van der Waals surface area contributed by atoms with Crippen molar-refractivity contribution in [1.29, 1.82) is 0 Å². The first-order valence-electron chi connectivity index (χ1n) is 5.20. The number of nitrogens with one attached hydrogen (secondary N) is 1. The van der Waals surface area contributed by atoms with Gasteiger partial charge in [0, 0.05) is 18.1 Å². The molecule has 2 fully saturated rings. The normalized spacial score (nSPS) is 43.0. The first kappa shape index (κ1) is 8.52. The summed E-state index contributed by atoms with van der Waals surface area (Å²) in [5, 5.41) is 3.43. The predicted molar refractivity (Wildman–Crippen MR) is 51.3 cm³/mol. The lowest BCUT2D eigenvalue weighted by atomic mass is 9.82. The van der Waals surface area contributed by atoms with Crippen LogP contribution in [0.5, 0.6) is 0 Å². The van der Waals surface area contributed by atoms with Gasteiger partial charge < -0.3 is 10.2 Å². The van der Waals surface area contributed by atoms with Gasteiger partial charge in [0.2, 0.25) is 0 Å². The zero-order chi connectivity index (χ0) is 8.55. The second-order valence-corrected chi connectivity index (χ2v) is 4.36. The van der Waals surface area contributed by atoms with Gasteiger partial charge in [-0.25, -0.2) is 0 Å². The molecular formula is C10H20N2. The quantitative estimate of drug-likeness (QED) is 0.633. The largest absolute Gasteiger partial charge is 0.317 e. The van der Waals surface area contributed by atoms with E-state index in [1.54, 1.807) is 0 Å². The van der Waals surface area contributed by atoms with Crippen LogP contribution in [-0.2, 0) is 0 Å². The van der Waals surface area contributed by atoms with Crippen molar-refractivity contribution >= 4 is 0 Å². The Morgan fingerprint density at radius 1 is 1.17 bits per heavy atom. The molecular weight excluding hydrogens is 148 g/mol. The van der Waals surface area contributed by atoms with E-state index in [0.717, 1.165) is 18.1 Å². The molecule has 2 rings (SSSR count). The molecule has 70 valence electrons. The summed E-state index contributed by atoms with van der Waals surface area (Å²) in [6.07, 6.45) is 7.03. The molecule has 0 spiro atoms. The fourth-order valence-electron chi connectivity index (χ4n) is 2.85. The molecule has 0 saturated carbocycles. The van der Waals surface area contributed by atoms with Crippen LogP contribution in [-0.4, -0.2) is 37.1 Å². The topological polar surface area (TPSA) is 15.3 Å². The van der Waals surface area contributed by atoms with Crippen LogP contribution in [0.3, 0.4) is 0 Å². The molecule has 2 heterocycles. The lowest BCUT2D eigenvalue weighted by molar-refractivity contribution is 0.0504. The lowest BCUT2D eigenvalue weighted by Gasteiger charge is -2.47. The highest BCUT2D eigenvalue weighted by Crippen LogP contribution is 2.32. The van der Waals surface area contributed by atoms with E-state index in [9.17, 15) is 0 Å². The van der Waals surface area contributed by atoms with E-state index in [1.807, 2.05) is 0 Å². The first-order valence-corrected chi connectivity index (χ1v) is 5.20. The van der Waals surface area contributed by atoms with Crippen molar-refractivity contribution < 1.29 is 0 Å². The molecule has 0 unspecified atom stereocenters. The summed E-state index contributed by atoms with van der Waals surface area (Å²) in [5.41, 5.74) is 0. The molecule has 0 aromatic carbocycles. The van der Waals surface area contributed by atoms with Crippen LogP contribution >= 0.6 is 0 Å². The van der Waals surface area contributed by atoms with E-state index in [2.05, 4.69) is 24.3 Å². The molecule has 2 aliphatic rings. The van der Waals surface area contributed by atoms with Gasteiger partial charge in [-0.1, -0.05) is 6.42 Å². The number of rotatable bonds is 1. The standard InChI is InChI=1S/C10H20N2/c1-11-8-6-9-4-3-5-10(7-8)12(9)2/h8-11H,3-7H2,1-2H3/t8-,9+,10-. The summed E-state index contributed by atoms with van der Waals surface area (Å²) in [4.78, 5) is 2.61. The monoisotopic (exact) mass is 168 g/mol. The van der Waals surface area contributed by atoms with E-state index >= 15 is 0 Å². The number of hydrogen-bond acceptors (Lipinski definition) is 2. The Kier molecular flexibility index (Phi) is 2.37. The maximum absolute atomic E-state index is 3.43. The highest BCUT2D eigenvalue weighted by atomic mass is 15.2. The van der Waals surface area contributed by atoms with Gasteiger partial charge >= 0.3 is 0 Å². The van der Waals surface area contributed by atoms with Crippen LogP contribution in [0.15, 0.2) is 0 Å². The zero-order valence-electron chi connectivity index (χ0n) is 8.21. The Labute approximate surface area is 75.3 Å². The molecule has 1 N–H and O–H groups in total. The molecule has 0 aliphatic carbocycles. The summed E-state index contributed by atoms with van der Waals surface area (Å²) in [6.45, 7) is 0. The fraction of sp³-hybridized carbons (Fsp3) is 1.00. The fourth-order valence-corrected chi connectivity index (χ4v) is 2.85. The maximum atomic E-state index is 3.43. The van der Waals surface area contributed by atoms with E-state index in [0.29, 0.717) is 0 Å². The number of piperidine rings is 2. The molecule has 3 atom stereocenters. The van der Waals surface area contributed by atoms with E-state index < -0.39 is 0 Å². The zero-order valence-corrected chi connectivity index (χ0v) is 8.21. The van der Waals surface area contributed by atoms with E-state index in [4.69, 9.17) is 0 Å².